The van der Waals surface area contributed by atoms with E-state index < -0.39 is 5.97 Å². The van der Waals surface area contributed by atoms with Crippen LogP contribution in [0.5, 0.6) is 5.75 Å². The van der Waals surface area contributed by atoms with E-state index >= 15 is 0 Å². The molecule has 6 nitrogen and oxygen atoms in total. The monoisotopic (exact) mass is 291 g/mol. The predicted octanol–water partition coefficient (Wildman–Crippen LogP) is 2.37. The van der Waals surface area contributed by atoms with Crippen LogP contribution in [0.25, 0.3) is 0 Å². The van der Waals surface area contributed by atoms with Crippen LogP contribution in [0.15, 0.2) is 30.6 Å². The van der Waals surface area contributed by atoms with Crippen molar-refractivity contribution in [2.24, 2.45) is 0 Å². The van der Waals surface area contributed by atoms with E-state index in [1.807, 2.05) is 12.1 Å². The smallest absolute Gasteiger partial charge is 0.338 e. The Balaban J connectivity index is 1.80. The fraction of sp³-hybridized carbons (Fsp3) is 0.154. The van der Waals surface area contributed by atoms with Crippen molar-refractivity contribution in [2.45, 2.75) is 6.04 Å². The van der Waals surface area contributed by atoms with Crippen molar-refractivity contribution in [1.29, 1.82) is 0 Å². The molecule has 3 rings (SSSR count). The Morgan fingerprint density at radius 2 is 2.15 bits per heavy atom. The second-order valence-electron chi connectivity index (χ2n) is 4.29. The minimum absolute atomic E-state index is 0.0432. The zero-order valence-corrected chi connectivity index (χ0v) is 11.0. The molecule has 0 unspecified atom stereocenters. The van der Waals surface area contributed by atoms with Gasteiger partial charge < -0.3 is 15.2 Å². The molecule has 0 aliphatic carbocycles. The van der Waals surface area contributed by atoms with Gasteiger partial charge in [0.2, 0.25) is 5.95 Å². The van der Waals surface area contributed by atoms with Gasteiger partial charge in [0, 0.05) is 23.0 Å². The maximum absolute atomic E-state index is 10.7. The summed E-state index contributed by atoms with van der Waals surface area (Å²) in [5, 5.41) is 12.5. The third-order valence-electron chi connectivity index (χ3n) is 2.95. The van der Waals surface area contributed by atoms with Gasteiger partial charge >= 0.3 is 5.97 Å². The average molecular weight is 292 g/mol. The number of carboxylic acid groups (broad SMARTS) is 1. The summed E-state index contributed by atoms with van der Waals surface area (Å²) >= 11 is 5.97. The summed E-state index contributed by atoms with van der Waals surface area (Å²) in [5.41, 5.74) is 0.977. The molecule has 2 aromatic rings. The van der Waals surface area contributed by atoms with E-state index in [9.17, 15) is 4.79 Å². The molecule has 20 heavy (non-hydrogen) atoms. The number of benzene rings is 1. The van der Waals surface area contributed by atoms with Gasteiger partial charge in [-0.1, -0.05) is 11.6 Å². The number of nitrogens with one attached hydrogen (secondary N) is 1. The summed E-state index contributed by atoms with van der Waals surface area (Å²) in [6, 6.07) is 5.29. The molecule has 0 spiro atoms. The summed E-state index contributed by atoms with van der Waals surface area (Å²) in [6.07, 6.45) is 2.51. The summed E-state index contributed by atoms with van der Waals surface area (Å²) in [5.74, 6) is 0.0587. The second-order valence-corrected chi connectivity index (χ2v) is 4.73. The molecule has 0 saturated heterocycles. The number of halogens is 1. The molecule has 1 aliphatic rings. The maximum Gasteiger partial charge on any atom is 0.338 e. The molecule has 1 aromatic heterocycles. The maximum atomic E-state index is 10.7. The second kappa shape index (κ2) is 4.97. The lowest BCUT2D eigenvalue weighted by Gasteiger charge is -2.11. The molecule has 0 saturated carbocycles. The summed E-state index contributed by atoms with van der Waals surface area (Å²) in [7, 11) is 0. The first-order chi connectivity index (χ1) is 9.63. The van der Waals surface area contributed by atoms with Crippen molar-refractivity contribution < 1.29 is 14.6 Å². The van der Waals surface area contributed by atoms with E-state index in [0.717, 1.165) is 11.3 Å². The summed E-state index contributed by atoms with van der Waals surface area (Å²) < 4.78 is 5.53. The topological polar surface area (TPSA) is 84.3 Å². The Morgan fingerprint density at radius 3 is 2.85 bits per heavy atom. The molecule has 7 heteroatoms. The molecule has 1 atom stereocenters. The number of aromatic nitrogens is 2. The van der Waals surface area contributed by atoms with E-state index in [1.165, 1.54) is 12.4 Å². The molecule has 1 aliphatic heterocycles. The molecule has 0 fully saturated rings. The quantitative estimate of drug-likeness (QED) is 0.903. The van der Waals surface area contributed by atoms with Crippen molar-refractivity contribution in [3.05, 3.63) is 46.7 Å². The minimum Gasteiger partial charge on any atom is -0.491 e. The number of ether oxygens (including phenoxy) is 1. The lowest BCUT2D eigenvalue weighted by molar-refractivity contribution is 0.0696. The Bertz CT molecular complexity index is 660. The number of anilines is 1. The van der Waals surface area contributed by atoms with Crippen LogP contribution in [0.3, 0.4) is 0 Å². The minimum atomic E-state index is -1.06. The highest BCUT2D eigenvalue weighted by Gasteiger charge is 2.25. The number of fused-ring (bicyclic) bond motifs is 1. The van der Waals surface area contributed by atoms with Gasteiger partial charge in [0.1, 0.15) is 12.4 Å². The Morgan fingerprint density at radius 1 is 1.40 bits per heavy atom. The molecule has 0 radical (unpaired) electrons. The lowest BCUT2D eigenvalue weighted by atomic mass is 10.1. The molecule has 1 aromatic carbocycles. The van der Waals surface area contributed by atoms with Crippen molar-refractivity contribution in [3.8, 4) is 5.75 Å². The molecule has 0 amide bonds. The van der Waals surface area contributed by atoms with Crippen LogP contribution in [0.2, 0.25) is 5.02 Å². The van der Waals surface area contributed by atoms with Gasteiger partial charge in [-0.25, -0.2) is 14.8 Å². The standard InChI is InChI=1S/C13H10ClN3O3/c14-8-1-2-11-9(3-8)10(6-20-11)17-13-15-4-7(5-16-13)12(18)19/h1-5,10H,6H2,(H,18,19)(H,15,16,17)/t10-/m1/s1. The van der Waals surface area contributed by atoms with Gasteiger partial charge in [-0.2, -0.15) is 0 Å². The average Bonchev–Trinajstić information content (AvgIpc) is 2.82. The van der Waals surface area contributed by atoms with Gasteiger partial charge in [0.15, 0.2) is 0 Å². The molecule has 102 valence electrons. The molecule has 2 N–H and O–H groups in total. The van der Waals surface area contributed by atoms with Gasteiger partial charge in [-0.05, 0) is 18.2 Å². The predicted molar refractivity (Wildman–Crippen MR) is 72.3 cm³/mol. The van der Waals surface area contributed by atoms with Gasteiger partial charge in [-0.15, -0.1) is 0 Å². The number of carbonyl (C=O) groups is 1. The first-order valence-corrected chi connectivity index (χ1v) is 6.25. The highest BCUT2D eigenvalue weighted by molar-refractivity contribution is 6.30. The Kier molecular flexibility index (Phi) is 3.15. The van der Waals surface area contributed by atoms with Gasteiger partial charge in [0.25, 0.3) is 0 Å². The van der Waals surface area contributed by atoms with Crippen molar-refractivity contribution >= 4 is 23.5 Å². The van der Waals surface area contributed by atoms with Crippen molar-refractivity contribution in [2.75, 3.05) is 11.9 Å². The third kappa shape index (κ3) is 2.37. The molecule has 0 bridgehead atoms. The fourth-order valence-corrected chi connectivity index (χ4v) is 2.15. The summed E-state index contributed by atoms with van der Waals surface area (Å²) in [4.78, 5) is 18.7. The van der Waals surface area contributed by atoms with E-state index in [0.29, 0.717) is 17.6 Å². The fourth-order valence-electron chi connectivity index (χ4n) is 1.97. The van der Waals surface area contributed by atoms with Crippen LogP contribution < -0.4 is 10.1 Å². The first kappa shape index (κ1) is 12.7. The lowest BCUT2D eigenvalue weighted by Crippen LogP contribution is -2.14. The van der Waals surface area contributed by atoms with E-state index in [2.05, 4.69) is 15.3 Å². The molecular formula is C13H10ClN3O3. The van der Waals surface area contributed by atoms with Gasteiger partial charge in [-0.3, -0.25) is 0 Å². The van der Waals surface area contributed by atoms with Crippen LogP contribution in [0, 0.1) is 0 Å². The highest BCUT2D eigenvalue weighted by atomic mass is 35.5. The Labute approximate surface area is 119 Å². The number of nitrogens with zero attached hydrogens (tertiary/aromatic N) is 2. The van der Waals surface area contributed by atoms with Crippen LogP contribution >= 0.6 is 11.6 Å². The number of hydrogen-bond donors (Lipinski definition) is 2. The third-order valence-corrected chi connectivity index (χ3v) is 3.19. The number of carboxylic acids is 1. The molecule has 2 heterocycles. The number of hydrogen-bond acceptors (Lipinski definition) is 5. The first-order valence-electron chi connectivity index (χ1n) is 5.87. The van der Waals surface area contributed by atoms with E-state index in [4.69, 9.17) is 21.4 Å². The van der Waals surface area contributed by atoms with Crippen LogP contribution in [-0.4, -0.2) is 27.7 Å². The highest BCUT2D eigenvalue weighted by Crippen LogP contribution is 2.35. The largest absolute Gasteiger partial charge is 0.491 e. The van der Waals surface area contributed by atoms with Crippen LogP contribution in [-0.2, 0) is 0 Å². The van der Waals surface area contributed by atoms with Crippen LogP contribution in [0.4, 0.5) is 5.95 Å². The Hall–Kier alpha value is -2.34. The number of aromatic carboxylic acids is 1. The van der Waals surface area contributed by atoms with E-state index in [-0.39, 0.29) is 11.6 Å². The van der Waals surface area contributed by atoms with Crippen LogP contribution in [0.1, 0.15) is 22.0 Å². The van der Waals surface area contributed by atoms with Crippen molar-refractivity contribution in [3.63, 3.8) is 0 Å². The summed E-state index contributed by atoms with van der Waals surface area (Å²) in [6.45, 7) is 0.444. The zero-order valence-electron chi connectivity index (χ0n) is 10.2. The normalized spacial score (nSPS) is 16.4. The SMILES string of the molecule is O=C(O)c1cnc(N[C@@H]2COc3ccc(Cl)cc32)nc1. The zero-order chi connectivity index (χ0) is 14.1. The molecular weight excluding hydrogens is 282 g/mol. The van der Waals surface area contributed by atoms with Crippen molar-refractivity contribution in [1.82, 2.24) is 9.97 Å². The van der Waals surface area contributed by atoms with E-state index in [1.54, 1.807) is 6.07 Å². The van der Waals surface area contributed by atoms with Gasteiger partial charge in [0.05, 0.1) is 11.6 Å². The number of rotatable bonds is 3.